The lowest BCUT2D eigenvalue weighted by atomic mass is 9.71. The largest absolute Gasteiger partial charge is 0.406 e. The van der Waals surface area contributed by atoms with E-state index in [0.717, 1.165) is 5.56 Å². The van der Waals surface area contributed by atoms with Crippen LogP contribution in [0.2, 0.25) is 5.02 Å². The van der Waals surface area contributed by atoms with E-state index in [1.54, 1.807) is 44.2 Å². The molecule has 1 N–H and O–H groups in total. The Labute approximate surface area is 170 Å². The number of hydrogen-bond acceptors (Lipinski definition) is 3. The Bertz CT molecular complexity index is 854. The molecule has 0 aromatic heterocycles. The molecule has 5 unspecified atom stereocenters. The summed E-state index contributed by atoms with van der Waals surface area (Å²) in [7, 11) is 0. The van der Waals surface area contributed by atoms with Gasteiger partial charge in [-0.1, -0.05) is 42.8 Å². The van der Waals surface area contributed by atoms with Crippen molar-refractivity contribution in [2.45, 2.75) is 26.1 Å². The van der Waals surface area contributed by atoms with Gasteiger partial charge >= 0.3 is 6.18 Å². The van der Waals surface area contributed by atoms with Crippen molar-refractivity contribution in [3.63, 3.8) is 0 Å². The van der Waals surface area contributed by atoms with Gasteiger partial charge in [0, 0.05) is 5.02 Å². The number of fused-ring (bicyclic) bond motifs is 1. The van der Waals surface area contributed by atoms with Crippen LogP contribution in [0.5, 0.6) is 0 Å². The zero-order valence-electron chi connectivity index (χ0n) is 15.7. The van der Waals surface area contributed by atoms with Crippen molar-refractivity contribution in [2.75, 3.05) is 6.54 Å². The van der Waals surface area contributed by atoms with Gasteiger partial charge in [-0.05, 0) is 30.5 Å². The van der Waals surface area contributed by atoms with Gasteiger partial charge in [0.15, 0.2) is 0 Å². The van der Waals surface area contributed by atoms with Crippen LogP contribution in [0, 0.1) is 23.7 Å². The number of nitrogens with zero attached hydrogens (tertiary/aromatic N) is 1. The maximum absolute atomic E-state index is 13.0. The number of alkyl halides is 3. The second kappa shape index (κ2) is 7.82. The fraction of sp³-hybridized carbons (Fsp3) is 0.450. The van der Waals surface area contributed by atoms with Crippen LogP contribution >= 0.6 is 11.6 Å². The predicted molar refractivity (Wildman–Crippen MR) is 99.6 cm³/mol. The molecule has 5 atom stereocenters. The van der Waals surface area contributed by atoms with Crippen molar-refractivity contribution in [1.82, 2.24) is 10.2 Å². The van der Waals surface area contributed by atoms with Gasteiger partial charge in [0.2, 0.25) is 17.7 Å². The number of imide groups is 1. The molecule has 0 spiro atoms. The van der Waals surface area contributed by atoms with E-state index in [0.29, 0.717) is 5.02 Å². The number of rotatable bonds is 4. The minimum Gasteiger partial charge on any atom is -0.349 e. The van der Waals surface area contributed by atoms with Crippen molar-refractivity contribution in [2.24, 2.45) is 23.7 Å². The Morgan fingerprint density at radius 2 is 1.79 bits per heavy atom. The smallest absolute Gasteiger partial charge is 0.349 e. The molecule has 1 saturated heterocycles. The topological polar surface area (TPSA) is 66.5 Å². The first kappa shape index (κ1) is 21.4. The molecule has 1 aliphatic heterocycles. The first-order valence-electron chi connectivity index (χ1n) is 9.15. The number of carbonyl (C=O) groups is 3. The fourth-order valence-electron chi connectivity index (χ4n) is 3.98. The van der Waals surface area contributed by atoms with E-state index >= 15 is 0 Å². The molecule has 5 nitrogen and oxygen atoms in total. The van der Waals surface area contributed by atoms with Crippen molar-refractivity contribution >= 4 is 29.3 Å². The first-order chi connectivity index (χ1) is 13.5. The van der Waals surface area contributed by atoms with Gasteiger partial charge in [-0.15, -0.1) is 0 Å². The highest BCUT2D eigenvalue weighted by molar-refractivity contribution is 6.30. The summed E-state index contributed by atoms with van der Waals surface area (Å²) in [6.07, 6.45) is -1.64. The number of hydrogen-bond donors (Lipinski definition) is 1. The molecule has 1 heterocycles. The zero-order valence-corrected chi connectivity index (χ0v) is 16.5. The molecule has 29 heavy (non-hydrogen) atoms. The van der Waals surface area contributed by atoms with E-state index in [2.05, 4.69) is 5.32 Å². The summed E-state index contributed by atoms with van der Waals surface area (Å²) in [5, 5.41) is 3.35. The second-order valence-corrected chi connectivity index (χ2v) is 7.92. The van der Waals surface area contributed by atoms with Gasteiger partial charge < -0.3 is 5.32 Å². The highest BCUT2D eigenvalue weighted by atomic mass is 35.5. The van der Waals surface area contributed by atoms with Crippen LogP contribution in [0.1, 0.15) is 25.5 Å². The predicted octanol–water partition coefficient (Wildman–Crippen LogP) is 3.50. The lowest BCUT2D eigenvalue weighted by Crippen LogP contribution is -2.45. The van der Waals surface area contributed by atoms with Crippen molar-refractivity contribution in [3.8, 4) is 0 Å². The number of likely N-dealkylation sites (tertiary alicyclic amines) is 1. The maximum Gasteiger partial charge on any atom is 0.406 e. The molecule has 2 aliphatic rings. The average Bonchev–Trinajstić information content (AvgIpc) is 2.85. The Morgan fingerprint density at radius 3 is 2.38 bits per heavy atom. The number of amides is 3. The molecule has 9 heteroatoms. The molecule has 0 radical (unpaired) electrons. The molecule has 1 aromatic carbocycles. The summed E-state index contributed by atoms with van der Waals surface area (Å²) >= 11 is 5.86. The van der Waals surface area contributed by atoms with Crippen LogP contribution < -0.4 is 5.32 Å². The lowest BCUT2D eigenvalue weighted by Gasteiger charge is -2.32. The van der Waals surface area contributed by atoms with Gasteiger partial charge in [0.25, 0.3) is 0 Å². The summed E-state index contributed by atoms with van der Waals surface area (Å²) in [5.74, 6) is -5.87. The highest BCUT2D eigenvalue weighted by Crippen LogP contribution is 2.42. The molecular weight excluding hydrogens is 409 g/mol. The molecule has 3 rings (SSSR count). The van der Waals surface area contributed by atoms with Crippen LogP contribution in [0.4, 0.5) is 13.2 Å². The molecule has 1 fully saturated rings. The minimum absolute atomic E-state index is 0.223. The van der Waals surface area contributed by atoms with Gasteiger partial charge in [-0.2, -0.15) is 13.2 Å². The molecule has 1 aliphatic carbocycles. The second-order valence-electron chi connectivity index (χ2n) is 7.48. The Balaban J connectivity index is 1.82. The van der Waals surface area contributed by atoms with Gasteiger partial charge in [-0.3, -0.25) is 19.3 Å². The van der Waals surface area contributed by atoms with E-state index in [-0.39, 0.29) is 4.90 Å². The van der Waals surface area contributed by atoms with E-state index in [9.17, 15) is 27.6 Å². The van der Waals surface area contributed by atoms with E-state index in [1.165, 1.54) is 6.08 Å². The summed E-state index contributed by atoms with van der Waals surface area (Å²) in [4.78, 5) is 38.2. The van der Waals surface area contributed by atoms with E-state index < -0.39 is 60.2 Å². The third kappa shape index (κ3) is 4.32. The quantitative estimate of drug-likeness (QED) is 0.589. The summed E-state index contributed by atoms with van der Waals surface area (Å²) < 4.78 is 38.4. The molecule has 0 saturated carbocycles. The fourth-order valence-corrected chi connectivity index (χ4v) is 4.10. The highest BCUT2D eigenvalue weighted by Gasteiger charge is 2.56. The van der Waals surface area contributed by atoms with Gasteiger partial charge in [-0.25, -0.2) is 0 Å². The number of carbonyl (C=O) groups excluding carboxylic acids is 3. The van der Waals surface area contributed by atoms with Crippen LogP contribution in [0.3, 0.4) is 0 Å². The number of benzene rings is 1. The van der Waals surface area contributed by atoms with Gasteiger partial charge in [0.1, 0.15) is 6.54 Å². The standard InChI is InChI=1S/C20H20ClF3N2O3/c1-10-3-8-14-16(19(29)26(18(14)28)9-20(22,23)24)15(10)17(27)25-11(2)12-4-6-13(21)7-5-12/h3-8,10-11,14-16H,9H2,1-2H3,(H,25,27). The Hall–Kier alpha value is -2.35. The Morgan fingerprint density at radius 1 is 1.17 bits per heavy atom. The molecular formula is C20H20ClF3N2O3. The first-order valence-corrected chi connectivity index (χ1v) is 9.53. The Kier molecular flexibility index (Phi) is 5.76. The van der Waals surface area contributed by atoms with Gasteiger partial charge in [0.05, 0.1) is 23.8 Å². The average molecular weight is 429 g/mol. The van der Waals surface area contributed by atoms with Crippen LogP contribution in [0.25, 0.3) is 0 Å². The number of nitrogens with one attached hydrogen (secondary N) is 1. The molecule has 0 bridgehead atoms. The van der Waals surface area contributed by atoms with Crippen molar-refractivity contribution in [3.05, 3.63) is 47.0 Å². The lowest BCUT2D eigenvalue weighted by molar-refractivity contribution is -0.166. The van der Waals surface area contributed by atoms with Crippen LogP contribution in [0.15, 0.2) is 36.4 Å². The van der Waals surface area contributed by atoms with Crippen molar-refractivity contribution in [1.29, 1.82) is 0 Å². The minimum atomic E-state index is -4.70. The molecule has 1 aromatic rings. The summed E-state index contributed by atoms with van der Waals surface area (Å²) in [5.41, 5.74) is 0.783. The van der Waals surface area contributed by atoms with E-state index in [4.69, 9.17) is 11.6 Å². The van der Waals surface area contributed by atoms with Crippen LogP contribution in [-0.4, -0.2) is 35.3 Å². The summed E-state index contributed by atoms with van der Waals surface area (Å²) in [6, 6.07) is 6.44. The normalized spacial score (nSPS) is 27.7. The third-order valence-electron chi connectivity index (χ3n) is 5.43. The monoisotopic (exact) mass is 428 g/mol. The SMILES string of the molecule is CC(NC(=O)C1C(C)C=CC2C(=O)N(CC(F)(F)F)C(=O)C21)c1ccc(Cl)cc1. The molecule has 3 amide bonds. The molecule has 156 valence electrons. The van der Waals surface area contributed by atoms with Crippen molar-refractivity contribution < 1.29 is 27.6 Å². The number of halogens is 4. The number of allylic oxidation sites excluding steroid dienone is 1. The van der Waals surface area contributed by atoms with E-state index in [1.807, 2.05) is 0 Å². The zero-order chi connectivity index (χ0) is 21.5. The van der Waals surface area contributed by atoms with Crippen LogP contribution in [-0.2, 0) is 14.4 Å². The maximum atomic E-state index is 13.0. The third-order valence-corrected chi connectivity index (χ3v) is 5.69. The summed E-state index contributed by atoms with van der Waals surface area (Å²) in [6.45, 7) is 1.81.